The van der Waals surface area contributed by atoms with Crippen LogP contribution >= 0.6 is 0 Å². The van der Waals surface area contributed by atoms with Crippen LogP contribution in [0.15, 0.2) is 53.4 Å². The van der Waals surface area contributed by atoms with Crippen LogP contribution in [0, 0.1) is 35.9 Å². The Labute approximate surface area is 301 Å². The van der Waals surface area contributed by atoms with Gasteiger partial charge in [0.05, 0.1) is 12.0 Å². The zero-order valence-corrected chi connectivity index (χ0v) is 30.3. The third kappa shape index (κ3) is 7.09. The number of likely N-dealkylation sites (tertiary alicyclic amines) is 3. The molecule has 12 heteroatoms. The first kappa shape index (κ1) is 35.7. The van der Waals surface area contributed by atoms with Crippen molar-refractivity contribution in [3.05, 3.63) is 59.9 Å². The van der Waals surface area contributed by atoms with E-state index in [-0.39, 0.29) is 41.2 Å². The van der Waals surface area contributed by atoms with E-state index in [4.69, 9.17) is 11.2 Å². The molecule has 2 aromatic rings. The van der Waals surface area contributed by atoms with Crippen LogP contribution in [0.1, 0.15) is 44.1 Å². The molecule has 3 atom stereocenters. The van der Waals surface area contributed by atoms with Crippen molar-refractivity contribution in [3.63, 3.8) is 0 Å². The summed E-state index contributed by atoms with van der Waals surface area (Å²) in [4.78, 5) is 33.2. The predicted molar refractivity (Wildman–Crippen MR) is 194 cm³/mol. The molecule has 2 amide bonds. The number of anilines is 1. The average Bonchev–Trinajstić information content (AvgIpc) is 3.53. The summed E-state index contributed by atoms with van der Waals surface area (Å²) in [5, 5.41) is 2.55. The van der Waals surface area contributed by atoms with E-state index < -0.39 is 27.1 Å². The van der Waals surface area contributed by atoms with Gasteiger partial charge in [0, 0.05) is 62.3 Å². The molecule has 1 N–H and O–H groups in total. The van der Waals surface area contributed by atoms with E-state index in [0.29, 0.717) is 11.8 Å². The van der Waals surface area contributed by atoms with Crippen molar-refractivity contribution in [2.45, 2.75) is 60.1 Å². The van der Waals surface area contributed by atoms with E-state index in [1.807, 2.05) is 24.1 Å². The fourth-order valence-corrected chi connectivity index (χ4v) is 11.2. The second kappa shape index (κ2) is 14.8. The number of benzene rings is 2. The Morgan fingerprint density at radius 3 is 2.31 bits per heavy atom. The molecule has 0 bridgehead atoms. The maximum absolute atomic E-state index is 15.0. The van der Waals surface area contributed by atoms with Crippen molar-refractivity contribution in [3.8, 4) is 12.3 Å². The molecule has 7 rings (SSSR count). The summed E-state index contributed by atoms with van der Waals surface area (Å²) < 4.78 is 46.1. The summed E-state index contributed by atoms with van der Waals surface area (Å²) in [7, 11) is -2.11. The van der Waals surface area contributed by atoms with Crippen molar-refractivity contribution in [1.29, 1.82) is 0 Å². The summed E-state index contributed by atoms with van der Waals surface area (Å²) in [6, 6.07) is 14.4. The minimum absolute atomic E-state index is 0.0108. The van der Waals surface area contributed by atoms with Gasteiger partial charge in [-0.2, -0.15) is 0 Å². The average molecular weight is 720 g/mol. The van der Waals surface area contributed by atoms with E-state index in [2.05, 4.69) is 26.1 Å². The number of amides is 2. The lowest BCUT2D eigenvalue weighted by atomic mass is 9.57. The second-order valence-electron chi connectivity index (χ2n) is 15.3. The zero-order chi connectivity index (χ0) is 35.8. The lowest BCUT2D eigenvalue weighted by Crippen LogP contribution is -2.60. The quantitative estimate of drug-likeness (QED) is 0.351. The maximum atomic E-state index is 15.0. The molecule has 5 aliphatic rings. The number of ether oxygens (including phenoxy) is 1. The van der Waals surface area contributed by atoms with Gasteiger partial charge in [0.1, 0.15) is 11.1 Å². The Morgan fingerprint density at radius 1 is 0.961 bits per heavy atom. The Kier molecular flexibility index (Phi) is 10.3. The topological polar surface area (TPSA) is 103 Å². The molecule has 5 fully saturated rings. The summed E-state index contributed by atoms with van der Waals surface area (Å²) in [5.74, 6) is 2.44. The van der Waals surface area contributed by atoms with Gasteiger partial charge in [-0.25, -0.2) is 17.6 Å². The van der Waals surface area contributed by atoms with Crippen molar-refractivity contribution in [2.24, 2.45) is 17.8 Å². The van der Waals surface area contributed by atoms with Crippen LogP contribution in [0.25, 0.3) is 0 Å². The van der Waals surface area contributed by atoms with Crippen molar-refractivity contribution in [1.82, 2.24) is 20.0 Å². The number of hydrogen-bond acceptors (Lipinski definition) is 8. The molecule has 1 saturated carbocycles. The number of piperidine rings is 1. The standard InChI is InChI=1S/C39H50FN5O5S/c1-3-37(46)45-25-34(26-45)51(48,49)33-13-11-32(12-14-33)44-23-28(24-44)22-42-19-15-29(16-20-42)39(27-43-17-6-18-43,30-7-4-8-31(40)21-30)35-9-5-10-36(35)41-38(47)50-2/h1,4,7-8,11-14,21,28-29,34-36H,5-6,9-10,15-20,22-27H2,2H3,(H,41,47)/t35-,36-,39-/m0/s1. The Morgan fingerprint density at radius 2 is 1.69 bits per heavy atom. The second-order valence-corrected chi connectivity index (χ2v) is 17.5. The lowest BCUT2D eigenvalue weighted by molar-refractivity contribution is -0.128. The highest BCUT2D eigenvalue weighted by Crippen LogP contribution is 2.51. The lowest BCUT2D eigenvalue weighted by Gasteiger charge is -2.54. The fourth-order valence-electron chi connectivity index (χ4n) is 9.56. The minimum Gasteiger partial charge on any atom is -0.453 e. The molecule has 274 valence electrons. The third-order valence-corrected chi connectivity index (χ3v) is 14.6. The van der Waals surface area contributed by atoms with Gasteiger partial charge >= 0.3 is 6.09 Å². The summed E-state index contributed by atoms with van der Waals surface area (Å²) in [6.45, 7) is 8.09. The van der Waals surface area contributed by atoms with E-state index >= 15 is 0 Å². The highest BCUT2D eigenvalue weighted by molar-refractivity contribution is 7.92. The van der Waals surface area contributed by atoms with Crippen LogP contribution in [0.5, 0.6) is 0 Å². The van der Waals surface area contributed by atoms with Crippen LogP contribution in [-0.4, -0.2) is 119 Å². The molecular weight excluding hydrogens is 670 g/mol. The van der Waals surface area contributed by atoms with Crippen LogP contribution in [-0.2, 0) is 24.8 Å². The SMILES string of the molecule is C#CC(=O)N1CC(S(=O)(=O)c2ccc(N3CC(CN4CCC([C@@](CN5CCC5)(c5cccc(F)c5)[C@H]5CCC[C@@H]5NC(=O)OC)CC4)C3)cc2)C1. The molecule has 4 saturated heterocycles. The van der Waals surface area contributed by atoms with Crippen molar-refractivity contribution >= 4 is 27.5 Å². The summed E-state index contributed by atoms with van der Waals surface area (Å²) >= 11 is 0. The van der Waals surface area contributed by atoms with Crippen LogP contribution < -0.4 is 10.2 Å². The zero-order valence-electron chi connectivity index (χ0n) is 29.5. The number of alkyl carbamates (subject to hydrolysis) is 1. The largest absolute Gasteiger partial charge is 0.453 e. The number of rotatable bonds is 11. The highest BCUT2D eigenvalue weighted by Gasteiger charge is 2.53. The molecule has 2 aromatic carbocycles. The number of methoxy groups -OCH3 is 1. The molecule has 0 aromatic heterocycles. The van der Waals surface area contributed by atoms with Gasteiger partial charge in [0.15, 0.2) is 9.84 Å². The maximum Gasteiger partial charge on any atom is 0.407 e. The molecule has 10 nitrogen and oxygen atoms in total. The van der Waals surface area contributed by atoms with Crippen LogP contribution in [0.4, 0.5) is 14.9 Å². The molecule has 4 heterocycles. The highest BCUT2D eigenvalue weighted by atomic mass is 32.2. The van der Waals surface area contributed by atoms with Crippen LogP contribution in [0.2, 0.25) is 0 Å². The Balaban J connectivity index is 0.981. The smallest absolute Gasteiger partial charge is 0.407 e. The summed E-state index contributed by atoms with van der Waals surface area (Å²) in [6.07, 6.45) is 10.9. The third-order valence-electron chi connectivity index (χ3n) is 12.5. The number of halogens is 1. The van der Waals surface area contributed by atoms with E-state index in [0.717, 1.165) is 95.7 Å². The number of terminal acetylenes is 1. The van der Waals surface area contributed by atoms with Gasteiger partial charge < -0.3 is 29.7 Å². The number of nitrogens with zero attached hydrogens (tertiary/aromatic N) is 4. The minimum atomic E-state index is -3.53. The van der Waals surface area contributed by atoms with Gasteiger partial charge in [-0.15, -0.1) is 6.42 Å². The first-order valence-electron chi connectivity index (χ1n) is 18.5. The predicted octanol–water partition coefficient (Wildman–Crippen LogP) is 3.76. The van der Waals surface area contributed by atoms with Gasteiger partial charge in [-0.1, -0.05) is 18.6 Å². The molecular formula is C39H50FN5O5S. The van der Waals surface area contributed by atoms with E-state index in [1.54, 1.807) is 18.2 Å². The molecule has 0 unspecified atom stereocenters. The molecule has 51 heavy (non-hydrogen) atoms. The van der Waals surface area contributed by atoms with Gasteiger partial charge in [0.2, 0.25) is 0 Å². The van der Waals surface area contributed by atoms with Gasteiger partial charge in [-0.3, -0.25) is 4.79 Å². The van der Waals surface area contributed by atoms with Crippen LogP contribution in [0.3, 0.4) is 0 Å². The number of hydrogen-bond donors (Lipinski definition) is 1. The molecule has 1 aliphatic carbocycles. The normalized spacial score (nSPS) is 24.9. The Bertz CT molecular complexity index is 1730. The van der Waals surface area contributed by atoms with Gasteiger partial charge in [0.25, 0.3) is 5.91 Å². The van der Waals surface area contributed by atoms with Crippen molar-refractivity contribution in [2.75, 3.05) is 77.5 Å². The number of carbonyl (C=O) groups is 2. The molecule has 4 aliphatic heterocycles. The van der Waals surface area contributed by atoms with E-state index in [9.17, 15) is 22.4 Å². The summed E-state index contributed by atoms with van der Waals surface area (Å²) in [5.41, 5.74) is 1.80. The Hall–Kier alpha value is -3.66. The first-order chi connectivity index (χ1) is 24.6. The number of sulfone groups is 1. The molecule has 0 spiro atoms. The number of nitrogens with one attached hydrogen (secondary N) is 1. The van der Waals surface area contributed by atoms with E-state index in [1.165, 1.54) is 24.5 Å². The van der Waals surface area contributed by atoms with Gasteiger partial charge in [-0.05, 0) is 118 Å². The molecule has 0 radical (unpaired) electrons. The monoisotopic (exact) mass is 719 g/mol. The number of carbonyl (C=O) groups excluding carboxylic acids is 2. The fraction of sp³-hybridized carbons (Fsp3) is 0.590. The van der Waals surface area contributed by atoms with Crippen molar-refractivity contribution < 1.29 is 27.1 Å². The first-order valence-corrected chi connectivity index (χ1v) is 20.0.